The average molecular weight is 418 g/mol. The number of carbonyl (C=O) groups excluding carboxylic acids is 3. The minimum atomic E-state index is -0.490. The van der Waals surface area contributed by atoms with Crippen LogP contribution in [0.15, 0.2) is 71.5 Å². The van der Waals surface area contributed by atoms with Gasteiger partial charge in [0.15, 0.2) is 0 Å². The SMILES string of the molecule is O=C(NCc1ccco1)c1ccccc1NC(=O)C1CC(=O)N(Cc2ccccn2)C1. The van der Waals surface area contributed by atoms with Crippen LogP contribution in [0.4, 0.5) is 5.69 Å². The fourth-order valence-corrected chi connectivity index (χ4v) is 3.49. The summed E-state index contributed by atoms with van der Waals surface area (Å²) in [5.41, 5.74) is 1.52. The normalized spacial score (nSPS) is 15.7. The predicted molar refractivity (Wildman–Crippen MR) is 113 cm³/mol. The molecule has 1 fully saturated rings. The van der Waals surface area contributed by atoms with Gasteiger partial charge >= 0.3 is 0 Å². The Kier molecular flexibility index (Phi) is 6.07. The first-order valence-corrected chi connectivity index (χ1v) is 9.98. The minimum Gasteiger partial charge on any atom is -0.467 e. The molecular formula is C23H22N4O4. The molecule has 1 aliphatic heterocycles. The highest BCUT2D eigenvalue weighted by Gasteiger charge is 2.34. The summed E-state index contributed by atoms with van der Waals surface area (Å²) in [6, 6.07) is 15.8. The van der Waals surface area contributed by atoms with Crippen molar-refractivity contribution in [2.75, 3.05) is 11.9 Å². The summed E-state index contributed by atoms with van der Waals surface area (Å²) in [4.78, 5) is 43.7. The molecule has 1 unspecified atom stereocenters. The smallest absolute Gasteiger partial charge is 0.253 e. The zero-order chi connectivity index (χ0) is 21.6. The molecule has 0 spiro atoms. The van der Waals surface area contributed by atoms with Crippen molar-refractivity contribution in [2.24, 2.45) is 5.92 Å². The molecule has 0 bridgehead atoms. The van der Waals surface area contributed by atoms with Gasteiger partial charge in [-0.3, -0.25) is 19.4 Å². The minimum absolute atomic E-state index is 0.0877. The lowest BCUT2D eigenvalue weighted by molar-refractivity contribution is -0.128. The standard InChI is InChI=1S/C23H22N4O4/c28-21-12-16(14-27(21)15-17-6-3-4-10-24-17)22(29)26-20-9-2-1-8-19(20)23(30)25-13-18-7-5-11-31-18/h1-11,16H,12-15H2,(H,25,30)(H,26,29). The van der Waals surface area contributed by atoms with Gasteiger partial charge in [0.25, 0.3) is 5.91 Å². The number of likely N-dealkylation sites (tertiary alicyclic amines) is 1. The van der Waals surface area contributed by atoms with Crippen molar-refractivity contribution in [3.63, 3.8) is 0 Å². The van der Waals surface area contributed by atoms with E-state index in [0.29, 0.717) is 30.1 Å². The topological polar surface area (TPSA) is 105 Å². The van der Waals surface area contributed by atoms with Crippen molar-refractivity contribution >= 4 is 23.4 Å². The van der Waals surface area contributed by atoms with Crippen LogP contribution in [-0.2, 0) is 22.7 Å². The number of pyridine rings is 1. The number of carbonyl (C=O) groups is 3. The average Bonchev–Trinajstić information content (AvgIpc) is 3.43. The Morgan fingerprint density at radius 3 is 2.71 bits per heavy atom. The number of furan rings is 1. The van der Waals surface area contributed by atoms with Crippen LogP contribution in [0.25, 0.3) is 0 Å². The second kappa shape index (κ2) is 9.25. The van der Waals surface area contributed by atoms with E-state index in [1.54, 1.807) is 47.5 Å². The van der Waals surface area contributed by atoms with Gasteiger partial charge in [0.2, 0.25) is 11.8 Å². The van der Waals surface area contributed by atoms with Gasteiger partial charge in [-0.1, -0.05) is 18.2 Å². The third-order valence-corrected chi connectivity index (χ3v) is 5.10. The molecule has 1 atom stereocenters. The third-order valence-electron chi connectivity index (χ3n) is 5.10. The molecule has 158 valence electrons. The van der Waals surface area contributed by atoms with E-state index < -0.39 is 5.92 Å². The van der Waals surface area contributed by atoms with Crippen LogP contribution in [0.5, 0.6) is 0 Å². The van der Waals surface area contributed by atoms with E-state index in [1.807, 2.05) is 18.2 Å². The second-order valence-electron chi connectivity index (χ2n) is 7.29. The first-order chi connectivity index (χ1) is 15.1. The van der Waals surface area contributed by atoms with Crippen LogP contribution < -0.4 is 10.6 Å². The fraction of sp³-hybridized carbons (Fsp3) is 0.217. The highest BCUT2D eigenvalue weighted by molar-refractivity contribution is 6.05. The van der Waals surface area contributed by atoms with E-state index in [1.165, 1.54) is 6.26 Å². The summed E-state index contributed by atoms with van der Waals surface area (Å²) in [5.74, 6) is -0.562. The first-order valence-electron chi connectivity index (χ1n) is 9.98. The third kappa shape index (κ3) is 4.98. The number of nitrogens with zero attached hydrogens (tertiary/aromatic N) is 2. The van der Waals surface area contributed by atoms with Gasteiger partial charge in [-0.05, 0) is 36.4 Å². The van der Waals surface area contributed by atoms with E-state index in [-0.39, 0.29) is 30.7 Å². The van der Waals surface area contributed by atoms with Crippen molar-refractivity contribution in [1.29, 1.82) is 0 Å². The maximum absolute atomic E-state index is 12.8. The summed E-state index contributed by atoms with van der Waals surface area (Å²) in [6.07, 6.45) is 3.34. The molecule has 0 saturated carbocycles. The Balaban J connectivity index is 1.38. The predicted octanol–water partition coefficient (Wildman–Crippen LogP) is 2.59. The summed E-state index contributed by atoms with van der Waals surface area (Å²) in [5, 5.41) is 5.59. The quantitative estimate of drug-likeness (QED) is 0.614. The Morgan fingerprint density at radius 2 is 1.94 bits per heavy atom. The molecule has 8 nitrogen and oxygen atoms in total. The van der Waals surface area contributed by atoms with Crippen LogP contribution in [-0.4, -0.2) is 34.2 Å². The number of anilines is 1. The molecule has 0 aliphatic carbocycles. The van der Waals surface area contributed by atoms with Crippen molar-refractivity contribution in [2.45, 2.75) is 19.5 Å². The van der Waals surface area contributed by atoms with E-state index in [0.717, 1.165) is 5.69 Å². The second-order valence-corrected chi connectivity index (χ2v) is 7.29. The Labute approximate surface area is 179 Å². The summed E-state index contributed by atoms with van der Waals surface area (Å²) < 4.78 is 5.22. The number of nitrogens with one attached hydrogen (secondary N) is 2. The monoisotopic (exact) mass is 418 g/mol. The van der Waals surface area contributed by atoms with Crippen molar-refractivity contribution < 1.29 is 18.8 Å². The van der Waals surface area contributed by atoms with Gasteiger partial charge in [-0.15, -0.1) is 0 Å². The maximum atomic E-state index is 12.8. The van der Waals surface area contributed by atoms with Gasteiger partial charge in [-0.25, -0.2) is 0 Å². The molecule has 3 amide bonds. The summed E-state index contributed by atoms with van der Waals surface area (Å²) >= 11 is 0. The molecule has 1 aliphatic rings. The van der Waals surface area contributed by atoms with E-state index in [2.05, 4.69) is 15.6 Å². The molecule has 0 radical (unpaired) electrons. The Hall–Kier alpha value is -3.94. The largest absolute Gasteiger partial charge is 0.467 e. The lowest BCUT2D eigenvalue weighted by atomic mass is 10.1. The molecule has 8 heteroatoms. The molecule has 1 saturated heterocycles. The van der Waals surface area contributed by atoms with Gasteiger partial charge in [0, 0.05) is 19.2 Å². The number of amides is 3. The lowest BCUT2D eigenvalue weighted by Crippen LogP contribution is -2.29. The van der Waals surface area contributed by atoms with Gasteiger partial charge in [-0.2, -0.15) is 0 Å². The number of hydrogen-bond acceptors (Lipinski definition) is 5. The summed E-state index contributed by atoms with van der Waals surface area (Å²) in [7, 11) is 0. The number of aromatic nitrogens is 1. The Bertz CT molecular complexity index is 1070. The lowest BCUT2D eigenvalue weighted by Gasteiger charge is -2.16. The van der Waals surface area contributed by atoms with E-state index >= 15 is 0 Å². The number of para-hydroxylation sites is 1. The molecule has 1 aromatic carbocycles. The van der Waals surface area contributed by atoms with Crippen LogP contribution >= 0.6 is 0 Å². The van der Waals surface area contributed by atoms with Crippen molar-refractivity contribution in [3.8, 4) is 0 Å². The molecule has 2 aromatic heterocycles. The number of rotatable bonds is 7. The van der Waals surface area contributed by atoms with Gasteiger partial charge in [0.1, 0.15) is 5.76 Å². The molecule has 3 aromatic rings. The molecule has 3 heterocycles. The van der Waals surface area contributed by atoms with Crippen LogP contribution in [0.3, 0.4) is 0 Å². The zero-order valence-electron chi connectivity index (χ0n) is 16.8. The maximum Gasteiger partial charge on any atom is 0.253 e. The Morgan fingerprint density at radius 1 is 1.10 bits per heavy atom. The highest BCUT2D eigenvalue weighted by Crippen LogP contribution is 2.23. The van der Waals surface area contributed by atoms with Crippen LogP contribution in [0.2, 0.25) is 0 Å². The van der Waals surface area contributed by atoms with Crippen LogP contribution in [0.1, 0.15) is 28.2 Å². The number of benzene rings is 1. The van der Waals surface area contributed by atoms with Gasteiger partial charge in [0.05, 0.1) is 42.2 Å². The van der Waals surface area contributed by atoms with Gasteiger partial charge < -0.3 is 20.0 Å². The first kappa shape index (κ1) is 20.3. The van der Waals surface area contributed by atoms with Crippen LogP contribution in [0, 0.1) is 5.92 Å². The number of hydrogen-bond donors (Lipinski definition) is 2. The molecular weight excluding hydrogens is 396 g/mol. The molecule has 31 heavy (non-hydrogen) atoms. The highest BCUT2D eigenvalue weighted by atomic mass is 16.3. The summed E-state index contributed by atoms with van der Waals surface area (Å²) in [6.45, 7) is 0.928. The zero-order valence-corrected chi connectivity index (χ0v) is 16.8. The van der Waals surface area contributed by atoms with E-state index in [4.69, 9.17) is 4.42 Å². The molecule has 4 rings (SSSR count). The van der Waals surface area contributed by atoms with E-state index in [9.17, 15) is 14.4 Å². The van der Waals surface area contributed by atoms with Crippen molar-refractivity contribution in [1.82, 2.24) is 15.2 Å². The van der Waals surface area contributed by atoms with Crippen molar-refractivity contribution in [3.05, 3.63) is 84.1 Å². The fourth-order valence-electron chi connectivity index (χ4n) is 3.49. The molecule has 2 N–H and O–H groups in total.